The van der Waals surface area contributed by atoms with E-state index < -0.39 is 5.97 Å². The number of amidine groups is 1. The molecule has 0 aliphatic rings. The molecule has 28 heavy (non-hydrogen) atoms. The van der Waals surface area contributed by atoms with Crippen LogP contribution in [0.3, 0.4) is 0 Å². The molecule has 0 saturated carbocycles. The van der Waals surface area contributed by atoms with E-state index in [0.29, 0.717) is 42.8 Å². The molecule has 0 aliphatic carbocycles. The summed E-state index contributed by atoms with van der Waals surface area (Å²) in [4.78, 5) is 26.2. The summed E-state index contributed by atoms with van der Waals surface area (Å²) in [5.74, 6) is -0.0497. The first kappa shape index (κ1) is 20.9. The predicted molar refractivity (Wildman–Crippen MR) is 110 cm³/mol. The Morgan fingerprint density at radius 1 is 1.11 bits per heavy atom. The van der Waals surface area contributed by atoms with Crippen molar-refractivity contribution < 1.29 is 14.3 Å². The Morgan fingerprint density at radius 2 is 1.71 bits per heavy atom. The third-order valence-electron chi connectivity index (χ3n) is 4.28. The Bertz CT molecular complexity index is 842. The number of amides is 1. The largest absolute Gasteiger partial charge is 0.423 e. The fraction of sp³-hybridized carbons (Fsp3) is 0.227. The first-order chi connectivity index (χ1) is 13.4. The third kappa shape index (κ3) is 5.81. The monoisotopic (exact) mass is 379 g/mol. The number of nitrogens with zero attached hydrogens (tertiary/aromatic N) is 1. The molecule has 0 heterocycles. The lowest BCUT2D eigenvalue weighted by atomic mass is 10.1. The molecule has 6 heteroatoms. The van der Waals surface area contributed by atoms with E-state index >= 15 is 0 Å². The third-order valence-corrected chi connectivity index (χ3v) is 4.28. The molecule has 2 aromatic carbocycles. The van der Waals surface area contributed by atoms with Crippen LogP contribution in [0.5, 0.6) is 5.75 Å². The standard InChI is InChI=1S/C22H25N3O3/c1-3-15-25(4-2)20(26)14-7-16-5-8-18(9-6-16)22(27)28-19-12-10-17(11-13-19)21(23)24/h3,5-6,8-13H,1,4,7,14-15H2,2H3,(H3,23,24). The van der Waals surface area contributed by atoms with E-state index in [0.717, 1.165) is 5.56 Å². The van der Waals surface area contributed by atoms with E-state index in [4.69, 9.17) is 15.9 Å². The fourth-order valence-electron chi connectivity index (χ4n) is 2.65. The lowest BCUT2D eigenvalue weighted by Crippen LogP contribution is -2.30. The summed E-state index contributed by atoms with van der Waals surface area (Å²) >= 11 is 0. The van der Waals surface area contributed by atoms with Crippen molar-refractivity contribution in [1.29, 1.82) is 5.41 Å². The zero-order chi connectivity index (χ0) is 20.5. The van der Waals surface area contributed by atoms with Gasteiger partial charge in [-0.1, -0.05) is 18.2 Å². The smallest absolute Gasteiger partial charge is 0.343 e. The summed E-state index contributed by atoms with van der Waals surface area (Å²) in [5, 5.41) is 7.36. The van der Waals surface area contributed by atoms with E-state index in [1.807, 2.05) is 19.1 Å². The summed E-state index contributed by atoms with van der Waals surface area (Å²) in [6, 6.07) is 13.5. The highest BCUT2D eigenvalue weighted by Crippen LogP contribution is 2.15. The number of esters is 1. The first-order valence-corrected chi connectivity index (χ1v) is 9.08. The number of carbonyl (C=O) groups is 2. The van der Waals surface area contributed by atoms with Crippen LogP contribution >= 0.6 is 0 Å². The van der Waals surface area contributed by atoms with Crippen molar-refractivity contribution in [3.63, 3.8) is 0 Å². The number of nitrogen functional groups attached to an aromatic ring is 1. The molecule has 2 aromatic rings. The fourth-order valence-corrected chi connectivity index (χ4v) is 2.65. The average Bonchev–Trinajstić information content (AvgIpc) is 2.71. The number of nitrogens with one attached hydrogen (secondary N) is 1. The van der Waals surface area contributed by atoms with Crippen molar-refractivity contribution in [3.8, 4) is 5.75 Å². The summed E-state index contributed by atoms with van der Waals surface area (Å²) in [7, 11) is 0. The van der Waals surface area contributed by atoms with Crippen molar-refractivity contribution in [2.75, 3.05) is 13.1 Å². The molecule has 0 radical (unpaired) electrons. The highest BCUT2D eigenvalue weighted by atomic mass is 16.5. The van der Waals surface area contributed by atoms with Crippen LogP contribution in [-0.2, 0) is 11.2 Å². The van der Waals surface area contributed by atoms with E-state index in [9.17, 15) is 9.59 Å². The minimum atomic E-state index is -0.471. The molecule has 0 atom stereocenters. The number of ether oxygens (including phenoxy) is 1. The normalized spacial score (nSPS) is 10.2. The number of nitrogens with two attached hydrogens (primary N) is 1. The summed E-state index contributed by atoms with van der Waals surface area (Å²) < 4.78 is 5.33. The lowest BCUT2D eigenvalue weighted by molar-refractivity contribution is -0.130. The van der Waals surface area contributed by atoms with Crippen LogP contribution in [0.4, 0.5) is 0 Å². The molecule has 0 aliphatic heterocycles. The van der Waals surface area contributed by atoms with Crippen LogP contribution in [0.1, 0.15) is 34.8 Å². The number of aryl methyl sites for hydroxylation is 1. The maximum Gasteiger partial charge on any atom is 0.343 e. The van der Waals surface area contributed by atoms with Crippen LogP contribution in [0, 0.1) is 5.41 Å². The van der Waals surface area contributed by atoms with Gasteiger partial charge in [0.25, 0.3) is 0 Å². The summed E-state index contributed by atoms with van der Waals surface area (Å²) in [5.41, 5.74) is 7.36. The van der Waals surface area contributed by atoms with Gasteiger partial charge in [-0.25, -0.2) is 4.79 Å². The molecule has 0 bridgehead atoms. The maximum atomic E-state index is 12.3. The molecule has 6 nitrogen and oxygen atoms in total. The van der Waals surface area contributed by atoms with E-state index in [1.54, 1.807) is 47.4 Å². The van der Waals surface area contributed by atoms with Gasteiger partial charge in [0.1, 0.15) is 11.6 Å². The summed E-state index contributed by atoms with van der Waals surface area (Å²) in [6.07, 6.45) is 2.73. The lowest BCUT2D eigenvalue weighted by Gasteiger charge is -2.18. The van der Waals surface area contributed by atoms with Gasteiger partial charge in [0.2, 0.25) is 5.91 Å². The van der Waals surface area contributed by atoms with Gasteiger partial charge in [0, 0.05) is 25.1 Å². The van der Waals surface area contributed by atoms with Crippen molar-refractivity contribution in [2.45, 2.75) is 19.8 Å². The molecule has 3 N–H and O–H groups in total. The predicted octanol–water partition coefficient (Wildman–Crippen LogP) is 3.16. The van der Waals surface area contributed by atoms with Gasteiger partial charge in [0.15, 0.2) is 0 Å². The molecule has 1 amide bonds. The molecule has 0 spiro atoms. The van der Waals surface area contributed by atoms with Gasteiger partial charge in [-0.15, -0.1) is 6.58 Å². The molecule has 0 aromatic heterocycles. The van der Waals surface area contributed by atoms with Gasteiger partial charge < -0.3 is 15.4 Å². The Morgan fingerprint density at radius 3 is 2.25 bits per heavy atom. The van der Waals surface area contributed by atoms with E-state index in [1.165, 1.54) is 0 Å². The number of carbonyl (C=O) groups excluding carboxylic acids is 2. The van der Waals surface area contributed by atoms with Crippen molar-refractivity contribution in [1.82, 2.24) is 4.90 Å². The maximum absolute atomic E-state index is 12.3. The van der Waals surface area contributed by atoms with E-state index in [-0.39, 0.29) is 11.7 Å². The Labute approximate surface area is 165 Å². The number of benzene rings is 2. The number of rotatable bonds is 9. The zero-order valence-electron chi connectivity index (χ0n) is 16.0. The van der Waals surface area contributed by atoms with Crippen molar-refractivity contribution in [2.24, 2.45) is 5.73 Å². The van der Waals surface area contributed by atoms with Crippen LogP contribution < -0.4 is 10.5 Å². The van der Waals surface area contributed by atoms with Gasteiger partial charge in [0.05, 0.1) is 5.56 Å². The highest BCUT2D eigenvalue weighted by molar-refractivity contribution is 5.95. The quantitative estimate of drug-likeness (QED) is 0.230. The number of hydrogen-bond acceptors (Lipinski definition) is 4. The molecule has 0 unspecified atom stereocenters. The van der Waals surface area contributed by atoms with Crippen molar-refractivity contribution in [3.05, 3.63) is 77.9 Å². The molecular weight excluding hydrogens is 354 g/mol. The zero-order valence-corrected chi connectivity index (χ0v) is 16.0. The van der Waals surface area contributed by atoms with Crippen LogP contribution in [-0.4, -0.2) is 35.7 Å². The summed E-state index contributed by atoms with van der Waals surface area (Å²) in [6.45, 7) is 6.81. The Kier molecular flexibility index (Phi) is 7.51. The van der Waals surface area contributed by atoms with Gasteiger partial charge in [-0.05, 0) is 55.3 Å². The van der Waals surface area contributed by atoms with Crippen LogP contribution in [0.2, 0.25) is 0 Å². The highest BCUT2D eigenvalue weighted by Gasteiger charge is 2.12. The Hall–Kier alpha value is -3.41. The minimum absolute atomic E-state index is 0.0431. The van der Waals surface area contributed by atoms with E-state index in [2.05, 4.69) is 6.58 Å². The van der Waals surface area contributed by atoms with Gasteiger partial charge in [-0.3, -0.25) is 10.2 Å². The second-order valence-corrected chi connectivity index (χ2v) is 6.25. The molecule has 2 rings (SSSR count). The number of hydrogen-bond donors (Lipinski definition) is 2. The first-order valence-electron chi connectivity index (χ1n) is 9.08. The van der Waals surface area contributed by atoms with Crippen molar-refractivity contribution >= 4 is 17.7 Å². The second-order valence-electron chi connectivity index (χ2n) is 6.25. The molecule has 0 saturated heterocycles. The molecule has 0 fully saturated rings. The van der Waals surface area contributed by atoms with Gasteiger partial charge >= 0.3 is 5.97 Å². The van der Waals surface area contributed by atoms with Crippen LogP contribution in [0.25, 0.3) is 0 Å². The molecule has 146 valence electrons. The Balaban J connectivity index is 1.92. The molecular formula is C22H25N3O3. The second kappa shape index (κ2) is 10.1. The minimum Gasteiger partial charge on any atom is -0.423 e. The number of likely N-dealkylation sites (N-methyl/N-ethyl adjacent to an activating group) is 1. The van der Waals surface area contributed by atoms with Crippen LogP contribution in [0.15, 0.2) is 61.2 Å². The SMILES string of the molecule is C=CCN(CC)C(=O)CCc1ccc(C(=O)Oc2ccc(C(=N)N)cc2)cc1. The average molecular weight is 379 g/mol. The topological polar surface area (TPSA) is 96.5 Å². The van der Waals surface area contributed by atoms with Gasteiger partial charge in [-0.2, -0.15) is 0 Å².